The van der Waals surface area contributed by atoms with E-state index in [9.17, 15) is 14.4 Å². The van der Waals surface area contributed by atoms with Gasteiger partial charge in [0, 0.05) is 31.9 Å². The van der Waals surface area contributed by atoms with Gasteiger partial charge in [0.15, 0.2) is 5.76 Å². The molecule has 7 nitrogen and oxygen atoms in total. The summed E-state index contributed by atoms with van der Waals surface area (Å²) >= 11 is 0. The van der Waals surface area contributed by atoms with Gasteiger partial charge in [-0.25, -0.2) is 0 Å². The van der Waals surface area contributed by atoms with Gasteiger partial charge < -0.3 is 19.5 Å². The quantitative estimate of drug-likeness (QED) is 0.880. The van der Waals surface area contributed by atoms with Crippen molar-refractivity contribution in [3.63, 3.8) is 0 Å². The Kier molecular flexibility index (Phi) is 4.90. The summed E-state index contributed by atoms with van der Waals surface area (Å²) < 4.78 is 5.15. The van der Waals surface area contributed by atoms with Gasteiger partial charge in [0.05, 0.1) is 18.1 Å². The van der Waals surface area contributed by atoms with Crippen molar-refractivity contribution in [2.75, 3.05) is 31.5 Å². The molecule has 1 saturated carbocycles. The van der Waals surface area contributed by atoms with E-state index in [0.29, 0.717) is 38.4 Å². The molecule has 1 aromatic heterocycles. The molecule has 1 saturated heterocycles. The SMILES string of the molecule is Cc1cccc(NC(=O)C2CC2C(=O)N2CCN(C(=O)c3ccco3)CC2)c1. The number of anilines is 1. The maximum Gasteiger partial charge on any atom is 0.289 e. The molecule has 28 heavy (non-hydrogen) atoms. The van der Waals surface area contributed by atoms with Gasteiger partial charge >= 0.3 is 0 Å². The van der Waals surface area contributed by atoms with Crippen LogP contribution in [0, 0.1) is 18.8 Å². The van der Waals surface area contributed by atoms with Gasteiger partial charge in [-0.05, 0) is 43.2 Å². The zero-order valence-corrected chi connectivity index (χ0v) is 15.8. The van der Waals surface area contributed by atoms with Crippen LogP contribution >= 0.6 is 0 Å². The normalized spacial score (nSPS) is 21.3. The second-order valence-corrected chi connectivity index (χ2v) is 7.40. The number of hydrogen-bond acceptors (Lipinski definition) is 4. The fourth-order valence-electron chi connectivity index (χ4n) is 3.64. The summed E-state index contributed by atoms with van der Waals surface area (Å²) in [6.45, 7) is 3.87. The minimum atomic E-state index is -0.268. The Hall–Kier alpha value is -3.09. The summed E-state index contributed by atoms with van der Waals surface area (Å²) in [6.07, 6.45) is 2.06. The zero-order valence-electron chi connectivity index (χ0n) is 15.8. The van der Waals surface area contributed by atoms with E-state index >= 15 is 0 Å². The highest BCUT2D eigenvalue weighted by atomic mass is 16.3. The number of nitrogens with zero attached hydrogens (tertiary/aromatic N) is 2. The Morgan fingerprint density at radius 3 is 2.43 bits per heavy atom. The van der Waals surface area contributed by atoms with E-state index in [1.807, 2.05) is 31.2 Å². The second kappa shape index (κ2) is 7.50. The first-order valence-electron chi connectivity index (χ1n) is 9.52. The molecule has 1 N–H and O–H groups in total. The van der Waals surface area contributed by atoms with Crippen molar-refractivity contribution in [3.8, 4) is 0 Å². The number of amides is 3. The van der Waals surface area contributed by atoms with Crippen molar-refractivity contribution in [1.29, 1.82) is 0 Å². The molecule has 0 radical (unpaired) electrons. The minimum absolute atomic E-state index is 0.00879. The molecule has 1 aliphatic heterocycles. The van der Waals surface area contributed by atoms with Gasteiger partial charge in [0.1, 0.15) is 0 Å². The van der Waals surface area contributed by atoms with Crippen LogP contribution in [0.2, 0.25) is 0 Å². The molecule has 2 unspecified atom stereocenters. The van der Waals surface area contributed by atoms with Gasteiger partial charge in [0.25, 0.3) is 5.91 Å². The fraction of sp³-hybridized carbons (Fsp3) is 0.381. The number of carbonyl (C=O) groups is 3. The van der Waals surface area contributed by atoms with Gasteiger partial charge in [0.2, 0.25) is 11.8 Å². The summed E-state index contributed by atoms with van der Waals surface area (Å²) in [5.74, 6) is -0.452. The van der Waals surface area contributed by atoms with Crippen LogP contribution in [0.25, 0.3) is 0 Å². The minimum Gasteiger partial charge on any atom is -0.459 e. The van der Waals surface area contributed by atoms with Gasteiger partial charge in [-0.1, -0.05) is 12.1 Å². The molecule has 4 rings (SSSR count). The van der Waals surface area contributed by atoms with Crippen LogP contribution in [0.5, 0.6) is 0 Å². The van der Waals surface area contributed by atoms with Crippen LogP contribution < -0.4 is 5.32 Å². The summed E-state index contributed by atoms with van der Waals surface area (Å²) in [5.41, 5.74) is 1.83. The molecule has 2 heterocycles. The van der Waals surface area contributed by atoms with E-state index in [1.165, 1.54) is 6.26 Å². The number of nitrogens with one attached hydrogen (secondary N) is 1. The lowest BCUT2D eigenvalue weighted by Gasteiger charge is -2.34. The van der Waals surface area contributed by atoms with Crippen molar-refractivity contribution < 1.29 is 18.8 Å². The highest BCUT2D eigenvalue weighted by Gasteiger charge is 2.49. The van der Waals surface area contributed by atoms with Crippen molar-refractivity contribution in [3.05, 3.63) is 54.0 Å². The predicted octanol–water partition coefficient (Wildman–Crippen LogP) is 2.15. The molecule has 2 atom stereocenters. The van der Waals surface area contributed by atoms with Gasteiger partial charge in [-0.3, -0.25) is 14.4 Å². The fourth-order valence-corrected chi connectivity index (χ4v) is 3.64. The summed E-state index contributed by atoms with van der Waals surface area (Å²) in [5, 5.41) is 2.90. The average Bonchev–Trinajstić information content (AvgIpc) is 3.32. The Morgan fingerprint density at radius 1 is 1.00 bits per heavy atom. The lowest BCUT2D eigenvalue weighted by Crippen LogP contribution is -2.51. The number of aryl methyl sites for hydroxylation is 1. The molecule has 146 valence electrons. The third-order valence-electron chi connectivity index (χ3n) is 5.34. The maximum absolute atomic E-state index is 12.7. The van der Waals surface area contributed by atoms with E-state index in [-0.39, 0.29) is 29.6 Å². The number of piperazine rings is 1. The molecule has 1 aromatic carbocycles. The number of carbonyl (C=O) groups excluding carboxylic acids is 3. The first-order chi connectivity index (χ1) is 13.5. The molecule has 2 aromatic rings. The third-order valence-corrected chi connectivity index (χ3v) is 5.34. The van der Waals surface area contributed by atoms with Crippen LogP contribution in [0.3, 0.4) is 0 Å². The van der Waals surface area contributed by atoms with Crippen molar-refractivity contribution in [1.82, 2.24) is 9.80 Å². The van der Waals surface area contributed by atoms with Crippen LogP contribution in [-0.4, -0.2) is 53.7 Å². The predicted molar refractivity (Wildman–Crippen MR) is 103 cm³/mol. The largest absolute Gasteiger partial charge is 0.459 e. The summed E-state index contributed by atoms with van der Waals surface area (Å²) in [4.78, 5) is 40.9. The van der Waals surface area contributed by atoms with E-state index < -0.39 is 0 Å². The lowest BCUT2D eigenvalue weighted by atomic mass is 10.2. The van der Waals surface area contributed by atoms with Crippen LogP contribution in [0.4, 0.5) is 5.69 Å². The maximum atomic E-state index is 12.7. The average molecular weight is 381 g/mol. The summed E-state index contributed by atoms with van der Waals surface area (Å²) in [7, 11) is 0. The van der Waals surface area contributed by atoms with Crippen molar-refractivity contribution in [2.45, 2.75) is 13.3 Å². The molecule has 0 spiro atoms. The molecule has 2 fully saturated rings. The molecule has 1 aliphatic carbocycles. The van der Waals surface area contributed by atoms with Crippen LogP contribution in [-0.2, 0) is 9.59 Å². The van der Waals surface area contributed by atoms with Crippen LogP contribution in [0.15, 0.2) is 47.1 Å². The number of hydrogen-bond donors (Lipinski definition) is 1. The van der Waals surface area contributed by atoms with Crippen molar-refractivity contribution >= 4 is 23.4 Å². The zero-order chi connectivity index (χ0) is 19.7. The van der Waals surface area contributed by atoms with Crippen LogP contribution in [0.1, 0.15) is 22.5 Å². The van der Waals surface area contributed by atoms with Crippen molar-refractivity contribution in [2.24, 2.45) is 11.8 Å². The Labute approximate surface area is 163 Å². The Balaban J connectivity index is 1.27. The third kappa shape index (κ3) is 3.78. The monoisotopic (exact) mass is 381 g/mol. The molecule has 0 bridgehead atoms. The number of furan rings is 1. The Bertz CT molecular complexity index is 885. The molecular weight excluding hydrogens is 358 g/mol. The molecule has 3 amide bonds. The molecular formula is C21H23N3O4. The number of rotatable bonds is 4. The highest BCUT2D eigenvalue weighted by molar-refractivity contribution is 5.99. The van der Waals surface area contributed by atoms with Gasteiger partial charge in [-0.2, -0.15) is 0 Å². The van der Waals surface area contributed by atoms with E-state index in [0.717, 1.165) is 11.3 Å². The number of benzene rings is 1. The molecule has 2 aliphatic rings. The van der Waals surface area contributed by atoms with E-state index in [1.54, 1.807) is 21.9 Å². The topological polar surface area (TPSA) is 82.9 Å². The smallest absolute Gasteiger partial charge is 0.289 e. The first kappa shape index (κ1) is 18.3. The highest BCUT2D eigenvalue weighted by Crippen LogP contribution is 2.41. The van der Waals surface area contributed by atoms with E-state index in [2.05, 4.69) is 5.32 Å². The first-order valence-corrected chi connectivity index (χ1v) is 9.52. The lowest BCUT2D eigenvalue weighted by molar-refractivity contribution is -0.135. The summed E-state index contributed by atoms with van der Waals surface area (Å²) in [6, 6.07) is 10.9. The second-order valence-electron chi connectivity index (χ2n) is 7.40. The van der Waals surface area contributed by atoms with Gasteiger partial charge in [-0.15, -0.1) is 0 Å². The Morgan fingerprint density at radius 2 is 1.75 bits per heavy atom. The molecule has 7 heteroatoms. The van der Waals surface area contributed by atoms with E-state index in [4.69, 9.17) is 4.42 Å². The standard InChI is InChI=1S/C21H23N3O4/c1-14-4-2-5-15(12-14)22-19(25)16-13-17(16)20(26)23-7-9-24(10-8-23)21(27)18-6-3-11-28-18/h2-6,11-12,16-17H,7-10,13H2,1H3,(H,22,25).